The number of nitrogens with zero attached hydrogens (tertiary/aromatic N) is 3. The van der Waals surface area contributed by atoms with E-state index < -0.39 is 65.3 Å². The molecule has 3 rings (SSSR count). The van der Waals surface area contributed by atoms with E-state index in [0.717, 1.165) is 24.2 Å². The summed E-state index contributed by atoms with van der Waals surface area (Å²) in [6, 6.07) is -2.40. The maximum absolute atomic E-state index is 14.0. The van der Waals surface area contributed by atoms with Crippen LogP contribution >= 0.6 is 0 Å². The molecule has 3 unspecified atom stereocenters. The molecule has 2 aliphatic heterocycles. The molecular formula is C33H52N6O10. The fraction of sp³-hybridized carbons (Fsp3) is 0.758. The van der Waals surface area contributed by atoms with E-state index in [2.05, 4.69) is 10.6 Å². The first kappa shape index (κ1) is 39.2. The third-order valence-electron chi connectivity index (χ3n) is 8.80. The topological polar surface area (TPSA) is 215 Å². The van der Waals surface area contributed by atoms with E-state index >= 15 is 0 Å². The van der Waals surface area contributed by atoms with Crippen LogP contribution in [0.15, 0.2) is 0 Å². The van der Waals surface area contributed by atoms with Crippen molar-refractivity contribution in [2.75, 3.05) is 20.1 Å². The van der Waals surface area contributed by atoms with E-state index in [1.807, 2.05) is 0 Å². The molecule has 0 aromatic rings. The Bertz CT molecular complexity index is 1240. The van der Waals surface area contributed by atoms with Gasteiger partial charge in [-0.1, -0.05) is 32.1 Å². The molecule has 0 spiro atoms. The van der Waals surface area contributed by atoms with Crippen molar-refractivity contribution >= 4 is 47.5 Å². The zero-order valence-electron chi connectivity index (χ0n) is 29.1. The molecule has 7 amide bonds. The third-order valence-corrected chi connectivity index (χ3v) is 8.80. The van der Waals surface area contributed by atoms with Gasteiger partial charge >= 0.3 is 12.1 Å². The molecule has 1 saturated carbocycles. The van der Waals surface area contributed by atoms with Gasteiger partial charge in [-0.25, -0.2) is 9.59 Å². The Kier molecular flexibility index (Phi) is 14.4. The minimum absolute atomic E-state index is 0.0302. The Morgan fingerprint density at radius 2 is 1.53 bits per heavy atom. The minimum Gasteiger partial charge on any atom is -0.444 e. The number of likely N-dealkylation sites (tertiary alicyclic amines) is 1. The Morgan fingerprint density at radius 1 is 0.918 bits per heavy atom. The van der Waals surface area contributed by atoms with E-state index in [-0.39, 0.29) is 57.0 Å². The fourth-order valence-corrected chi connectivity index (χ4v) is 6.33. The summed E-state index contributed by atoms with van der Waals surface area (Å²) in [4.78, 5) is 107. The Morgan fingerprint density at radius 3 is 2.12 bits per heavy atom. The Balaban J connectivity index is 1.49. The maximum Gasteiger partial charge on any atom is 0.410 e. The average Bonchev–Trinajstić information content (AvgIpc) is 3.59. The fourth-order valence-electron chi connectivity index (χ4n) is 6.33. The summed E-state index contributed by atoms with van der Waals surface area (Å²) >= 11 is 0. The van der Waals surface area contributed by atoms with Gasteiger partial charge in [0.15, 0.2) is 0 Å². The van der Waals surface area contributed by atoms with Crippen LogP contribution in [0.5, 0.6) is 0 Å². The molecular weight excluding hydrogens is 640 g/mol. The summed E-state index contributed by atoms with van der Waals surface area (Å²) in [6.45, 7) is 4.88. The largest absolute Gasteiger partial charge is 0.444 e. The molecule has 3 aliphatic rings. The van der Waals surface area contributed by atoms with Gasteiger partial charge in [-0.3, -0.25) is 28.8 Å². The molecule has 0 radical (unpaired) electrons. The molecule has 16 heteroatoms. The summed E-state index contributed by atoms with van der Waals surface area (Å²) in [6.07, 6.45) is 6.26. The highest BCUT2D eigenvalue weighted by Crippen LogP contribution is 2.29. The molecule has 0 aromatic carbocycles. The van der Waals surface area contributed by atoms with E-state index in [9.17, 15) is 38.4 Å². The van der Waals surface area contributed by atoms with Crippen LogP contribution in [-0.4, -0.2) is 106 Å². The lowest BCUT2D eigenvalue weighted by molar-refractivity contribution is -0.197. The molecule has 2 saturated heterocycles. The van der Waals surface area contributed by atoms with Crippen LogP contribution in [0.4, 0.5) is 4.79 Å². The smallest absolute Gasteiger partial charge is 0.410 e. The summed E-state index contributed by atoms with van der Waals surface area (Å²) in [5.74, 6) is -3.83. The van der Waals surface area contributed by atoms with Gasteiger partial charge in [-0.2, -0.15) is 0 Å². The van der Waals surface area contributed by atoms with Gasteiger partial charge in [0.1, 0.15) is 24.2 Å². The van der Waals surface area contributed by atoms with Gasteiger partial charge in [-0.15, -0.1) is 5.06 Å². The van der Waals surface area contributed by atoms with E-state index in [1.54, 1.807) is 20.8 Å². The molecule has 4 N–H and O–H groups in total. The molecule has 274 valence electrons. The van der Waals surface area contributed by atoms with Gasteiger partial charge in [0, 0.05) is 45.3 Å². The highest BCUT2D eigenvalue weighted by Gasteiger charge is 2.44. The number of primary amides is 1. The van der Waals surface area contributed by atoms with E-state index in [1.165, 1.54) is 11.9 Å². The summed E-state index contributed by atoms with van der Waals surface area (Å²) in [5, 5.41) is 6.23. The van der Waals surface area contributed by atoms with Crippen LogP contribution in [-0.2, 0) is 43.1 Å². The van der Waals surface area contributed by atoms with Crippen molar-refractivity contribution in [3.05, 3.63) is 0 Å². The number of carbonyl (C=O) groups is 8. The number of nitrogens with two attached hydrogens (primary N) is 1. The van der Waals surface area contributed by atoms with Gasteiger partial charge in [0.2, 0.25) is 23.6 Å². The number of amides is 7. The molecule has 0 aromatic heterocycles. The van der Waals surface area contributed by atoms with Gasteiger partial charge < -0.3 is 35.7 Å². The van der Waals surface area contributed by atoms with Crippen LogP contribution < -0.4 is 16.4 Å². The second kappa shape index (κ2) is 18.0. The number of likely N-dealkylation sites (N-methyl/N-ethyl adjacent to an activating group) is 1. The molecule has 1 aliphatic carbocycles. The summed E-state index contributed by atoms with van der Waals surface area (Å²) < 4.78 is 5.32. The lowest BCUT2D eigenvalue weighted by Crippen LogP contribution is -2.57. The SMILES string of the molecule is CN(CC(=O)NC(C(=O)N1CC(NC(=O)CCCCCCC(=O)ON2C(=O)CCC2=O)CC1C(N)=O)C1CCCCC1)C(=O)OC(C)(C)C. The number of hydrogen-bond donors (Lipinski definition) is 3. The highest BCUT2D eigenvalue weighted by molar-refractivity contribution is 6.01. The van der Waals surface area contributed by atoms with Gasteiger partial charge in [0.25, 0.3) is 11.8 Å². The maximum atomic E-state index is 14.0. The normalized spacial score (nSPS) is 20.5. The first-order chi connectivity index (χ1) is 23.1. The lowest BCUT2D eigenvalue weighted by atomic mass is 9.83. The number of hydroxylamine groups is 2. The van der Waals surface area contributed by atoms with Crippen LogP contribution in [0.2, 0.25) is 0 Å². The Hall–Kier alpha value is -4.24. The zero-order chi connectivity index (χ0) is 36.3. The van der Waals surface area contributed by atoms with Crippen molar-refractivity contribution in [2.24, 2.45) is 11.7 Å². The third kappa shape index (κ3) is 12.3. The summed E-state index contributed by atoms with van der Waals surface area (Å²) in [7, 11) is 1.43. The molecule has 0 bridgehead atoms. The van der Waals surface area contributed by atoms with Crippen LogP contribution in [0.25, 0.3) is 0 Å². The van der Waals surface area contributed by atoms with Crippen molar-refractivity contribution in [1.29, 1.82) is 0 Å². The van der Waals surface area contributed by atoms with Crippen molar-refractivity contribution in [3.63, 3.8) is 0 Å². The second-order valence-electron chi connectivity index (χ2n) is 14.1. The van der Waals surface area contributed by atoms with Crippen molar-refractivity contribution < 1.29 is 47.9 Å². The van der Waals surface area contributed by atoms with Crippen molar-refractivity contribution in [1.82, 2.24) is 25.5 Å². The van der Waals surface area contributed by atoms with E-state index in [4.69, 9.17) is 15.3 Å². The Labute approximate surface area is 287 Å². The average molecular weight is 693 g/mol. The number of carbonyl (C=O) groups excluding carboxylic acids is 8. The standard InChI is InChI=1S/C33H52N6O10/c1-33(2,3)48-32(47)37(4)20-25(41)36-29(21-12-8-7-9-13-21)31(46)38-19-22(18-23(38)30(34)45)35-24(40)14-10-5-6-11-15-28(44)49-39-26(42)16-17-27(39)43/h21-23,29H,5-20H2,1-4H3,(H2,34,45)(H,35,40)(H,36,41). The lowest BCUT2D eigenvalue weighted by Gasteiger charge is -2.34. The van der Waals surface area contributed by atoms with Crippen molar-refractivity contribution in [2.45, 2.75) is 134 Å². The number of hydrogen-bond acceptors (Lipinski definition) is 10. The van der Waals surface area contributed by atoms with Gasteiger partial charge in [-0.05, 0) is 58.8 Å². The molecule has 49 heavy (non-hydrogen) atoms. The molecule has 2 heterocycles. The number of rotatable bonds is 15. The summed E-state index contributed by atoms with van der Waals surface area (Å²) in [5.41, 5.74) is 4.95. The molecule has 3 fully saturated rings. The van der Waals surface area contributed by atoms with Crippen LogP contribution in [0, 0.1) is 5.92 Å². The molecule has 16 nitrogen and oxygen atoms in total. The first-order valence-corrected chi connectivity index (χ1v) is 17.2. The van der Waals surface area contributed by atoms with E-state index in [0.29, 0.717) is 43.6 Å². The number of ether oxygens (including phenoxy) is 1. The van der Waals surface area contributed by atoms with Gasteiger partial charge in [0.05, 0.1) is 0 Å². The van der Waals surface area contributed by atoms with Crippen molar-refractivity contribution in [3.8, 4) is 0 Å². The minimum atomic E-state index is -0.962. The second-order valence-corrected chi connectivity index (χ2v) is 14.1. The first-order valence-electron chi connectivity index (χ1n) is 17.2. The predicted molar refractivity (Wildman–Crippen MR) is 173 cm³/mol. The predicted octanol–water partition coefficient (Wildman–Crippen LogP) is 1.44. The highest BCUT2D eigenvalue weighted by atomic mass is 16.7. The number of imide groups is 1. The quantitative estimate of drug-likeness (QED) is 0.166. The number of nitrogens with one attached hydrogen (secondary N) is 2. The number of unbranched alkanes of at least 4 members (excludes halogenated alkanes) is 3. The zero-order valence-corrected chi connectivity index (χ0v) is 29.1. The van der Waals surface area contributed by atoms with Crippen LogP contribution in [0.3, 0.4) is 0 Å². The monoisotopic (exact) mass is 692 g/mol. The van der Waals surface area contributed by atoms with Crippen LogP contribution in [0.1, 0.15) is 111 Å². The molecule has 3 atom stereocenters.